The molecule has 1 aromatic heterocycles. The van der Waals surface area contributed by atoms with E-state index < -0.39 is 6.04 Å². The van der Waals surface area contributed by atoms with Crippen LogP contribution >= 0.6 is 23.2 Å². The Morgan fingerprint density at radius 3 is 2.52 bits per heavy atom. The molecule has 108 valence electrons. The maximum atomic E-state index is 6.35. The molecule has 0 aliphatic rings. The number of hydrogen-bond acceptors (Lipinski definition) is 2. The number of hydrogen-bond donors (Lipinski definition) is 1. The number of benzene rings is 2. The maximum Gasteiger partial charge on any atom is 0.134 e. The predicted octanol–water partition coefficient (Wildman–Crippen LogP) is 5.40. The molecule has 0 fully saturated rings. The zero-order valence-electron chi connectivity index (χ0n) is 11.8. The largest absolute Gasteiger partial charge is 0.459 e. The highest BCUT2D eigenvalue weighted by Gasteiger charge is 2.20. The Kier molecular flexibility index (Phi) is 3.70. The van der Waals surface area contributed by atoms with Gasteiger partial charge in [0, 0.05) is 21.0 Å². The average Bonchev–Trinajstić information content (AvgIpc) is 2.75. The lowest BCUT2D eigenvalue weighted by molar-refractivity contribution is 0.521. The molecule has 2 aromatic carbocycles. The van der Waals surface area contributed by atoms with E-state index in [-0.39, 0.29) is 0 Å². The lowest BCUT2D eigenvalue weighted by Crippen LogP contribution is -2.12. The van der Waals surface area contributed by atoms with Gasteiger partial charge in [0.1, 0.15) is 11.3 Å². The first-order valence-corrected chi connectivity index (χ1v) is 7.43. The second-order valence-electron chi connectivity index (χ2n) is 5.23. The Bertz CT molecular complexity index is 823. The van der Waals surface area contributed by atoms with Crippen LogP contribution in [0.1, 0.15) is 28.5 Å². The van der Waals surface area contributed by atoms with Crippen molar-refractivity contribution in [3.8, 4) is 0 Å². The molecule has 21 heavy (non-hydrogen) atoms. The Hall–Kier alpha value is -1.48. The predicted molar refractivity (Wildman–Crippen MR) is 88.2 cm³/mol. The third-order valence-electron chi connectivity index (χ3n) is 3.71. The van der Waals surface area contributed by atoms with E-state index in [0.717, 1.165) is 33.4 Å². The first-order chi connectivity index (χ1) is 9.97. The number of aryl methyl sites for hydroxylation is 2. The van der Waals surface area contributed by atoms with E-state index in [1.54, 1.807) is 12.1 Å². The number of rotatable bonds is 2. The van der Waals surface area contributed by atoms with Gasteiger partial charge in [-0.2, -0.15) is 0 Å². The summed E-state index contributed by atoms with van der Waals surface area (Å²) < 4.78 is 5.96. The standard InChI is InChI=1S/C17H15Cl2NO/c1-9-3-5-12-10(2)17(21-15(12)7-9)16(20)13-6-4-11(18)8-14(13)19/h3-8,16H,20H2,1-2H3. The van der Waals surface area contributed by atoms with Gasteiger partial charge in [0.15, 0.2) is 0 Å². The molecule has 0 radical (unpaired) electrons. The minimum Gasteiger partial charge on any atom is -0.459 e. The van der Waals surface area contributed by atoms with Crippen molar-refractivity contribution in [2.75, 3.05) is 0 Å². The first kappa shape index (κ1) is 14.5. The van der Waals surface area contributed by atoms with Gasteiger partial charge in [-0.1, -0.05) is 41.4 Å². The van der Waals surface area contributed by atoms with Crippen LogP contribution in [0, 0.1) is 13.8 Å². The summed E-state index contributed by atoms with van der Waals surface area (Å²) in [5, 5.41) is 2.22. The van der Waals surface area contributed by atoms with Gasteiger partial charge in [0.2, 0.25) is 0 Å². The Balaban J connectivity index is 2.13. The molecule has 4 heteroatoms. The van der Waals surface area contributed by atoms with Crippen molar-refractivity contribution >= 4 is 34.2 Å². The summed E-state index contributed by atoms with van der Waals surface area (Å²) in [6, 6.07) is 11.0. The summed E-state index contributed by atoms with van der Waals surface area (Å²) in [6.45, 7) is 4.05. The molecule has 1 atom stereocenters. The van der Waals surface area contributed by atoms with Crippen LogP contribution in [-0.4, -0.2) is 0 Å². The van der Waals surface area contributed by atoms with Gasteiger partial charge in [-0.15, -0.1) is 0 Å². The van der Waals surface area contributed by atoms with Gasteiger partial charge in [-0.25, -0.2) is 0 Å². The van der Waals surface area contributed by atoms with Crippen molar-refractivity contribution < 1.29 is 4.42 Å². The van der Waals surface area contributed by atoms with Crippen LogP contribution in [0.5, 0.6) is 0 Å². The van der Waals surface area contributed by atoms with E-state index in [9.17, 15) is 0 Å². The van der Waals surface area contributed by atoms with E-state index in [2.05, 4.69) is 12.1 Å². The summed E-state index contributed by atoms with van der Waals surface area (Å²) in [6.07, 6.45) is 0. The van der Waals surface area contributed by atoms with Gasteiger partial charge in [0.05, 0.1) is 6.04 Å². The molecular formula is C17H15Cl2NO. The fourth-order valence-corrected chi connectivity index (χ4v) is 3.07. The number of furan rings is 1. The van der Waals surface area contributed by atoms with Crippen molar-refractivity contribution in [1.82, 2.24) is 0 Å². The summed E-state index contributed by atoms with van der Waals surface area (Å²) in [5.41, 5.74) is 10.2. The number of halogens is 2. The van der Waals surface area contributed by atoms with Crippen LogP contribution in [0.25, 0.3) is 11.0 Å². The molecule has 2 nitrogen and oxygen atoms in total. The van der Waals surface area contributed by atoms with E-state index in [0.29, 0.717) is 10.0 Å². The fraction of sp³-hybridized carbons (Fsp3) is 0.176. The van der Waals surface area contributed by atoms with Crippen LogP contribution in [0.4, 0.5) is 0 Å². The van der Waals surface area contributed by atoms with Crippen LogP contribution < -0.4 is 5.73 Å². The zero-order valence-corrected chi connectivity index (χ0v) is 13.3. The van der Waals surface area contributed by atoms with E-state index in [1.165, 1.54) is 0 Å². The molecule has 0 spiro atoms. The normalized spacial score (nSPS) is 12.8. The lowest BCUT2D eigenvalue weighted by atomic mass is 10.0. The Labute approximate surface area is 133 Å². The van der Waals surface area contributed by atoms with Gasteiger partial charge in [-0.3, -0.25) is 0 Å². The van der Waals surface area contributed by atoms with Crippen molar-refractivity contribution in [2.45, 2.75) is 19.9 Å². The molecule has 2 N–H and O–H groups in total. The molecule has 0 bridgehead atoms. The third-order valence-corrected chi connectivity index (χ3v) is 4.27. The quantitative estimate of drug-likeness (QED) is 0.686. The summed E-state index contributed by atoms with van der Waals surface area (Å²) in [5.74, 6) is 0.736. The SMILES string of the molecule is Cc1ccc2c(C)c(C(N)c3ccc(Cl)cc3Cl)oc2c1. The minimum absolute atomic E-state index is 0.414. The topological polar surface area (TPSA) is 39.2 Å². The average molecular weight is 320 g/mol. The second-order valence-corrected chi connectivity index (χ2v) is 6.08. The number of fused-ring (bicyclic) bond motifs is 1. The smallest absolute Gasteiger partial charge is 0.134 e. The molecular weight excluding hydrogens is 305 g/mol. The van der Waals surface area contributed by atoms with E-state index >= 15 is 0 Å². The molecule has 0 amide bonds. The van der Waals surface area contributed by atoms with Crippen molar-refractivity contribution in [1.29, 1.82) is 0 Å². The van der Waals surface area contributed by atoms with E-state index in [4.69, 9.17) is 33.4 Å². The molecule has 1 unspecified atom stereocenters. The highest BCUT2D eigenvalue weighted by Crippen LogP contribution is 2.35. The van der Waals surface area contributed by atoms with Crippen LogP contribution in [-0.2, 0) is 0 Å². The van der Waals surface area contributed by atoms with Gasteiger partial charge in [0.25, 0.3) is 0 Å². The van der Waals surface area contributed by atoms with Crippen LogP contribution in [0.15, 0.2) is 40.8 Å². The highest BCUT2D eigenvalue weighted by atomic mass is 35.5. The van der Waals surface area contributed by atoms with Crippen LogP contribution in [0.3, 0.4) is 0 Å². The highest BCUT2D eigenvalue weighted by molar-refractivity contribution is 6.35. The molecule has 0 saturated carbocycles. The van der Waals surface area contributed by atoms with E-state index in [1.807, 2.05) is 26.0 Å². The van der Waals surface area contributed by atoms with Gasteiger partial charge < -0.3 is 10.2 Å². The number of nitrogens with two attached hydrogens (primary N) is 1. The minimum atomic E-state index is -0.414. The van der Waals surface area contributed by atoms with Crippen molar-refractivity contribution in [3.63, 3.8) is 0 Å². The zero-order chi connectivity index (χ0) is 15.1. The first-order valence-electron chi connectivity index (χ1n) is 6.67. The van der Waals surface area contributed by atoms with Crippen molar-refractivity contribution in [2.24, 2.45) is 5.73 Å². The van der Waals surface area contributed by atoms with Gasteiger partial charge >= 0.3 is 0 Å². The second kappa shape index (κ2) is 5.38. The van der Waals surface area contributed by atoms with Crippen molar-refractivity contribution in [3.05, 3.63) is 68.9 Å². The molecule has 3 rings (SSSR count). The molecule has 1 heterocycles. The summed E-state index contributed by atoms with van der Waals surface area (Å²) >= 11 is 12.2. The molecule has 0 aliphatic carbocycles. The molecule has 3 aromatic rings. The lowest BCUT2D eigenvalue weighted by Gasteiger charge is -2.12. The Morgan fingerprint density at radius 2 is 1.81 bits per heavy atom. The molecule has 0 aliphatic heterocycles. The molecule has 0 saturated heterocycles. The van der Waals surface area contributed by atoms with Gasteiger partial charge in [-0.05, 0) is 43.2 Å². The van der Waals surface area contributed by atoms with Crippen LogP contribution in [0.2, 0.25) is 10.0 Å². The third kappa shape index (κ3) is 2.55. The summed E-state index contributed by atoms with van der Waals surface area (Å²) in [4.78, 5) is 0. The Morgan fingerprint density at radius 1 is 1.05 bits per heavy atom. The maximum absolute atomic E-state index is 6.35. The monoisotopic (exact) mass is 319 g/mol. The fourth-order valence-electron chi connectivity index (χ4n) is 2.54. The summed E-state index contributed by atoms with van der Waals surface area (Å²) in [7, 11) is 0.